The van der Waals surface area contributed by atoms with Crippen molar-refractivity contribution < 1.29 is 19.4 Å². The number of aliphatic carboxylic acids is 1. The van der Waals surface area contributed by atoms with Gasteiger partial charge in [0.15, 0.2) is 11.5 Å². The predicted octanol–water partition coefficient (Wildman–Crippen LogP) is 1.69. The van der Waals surface area contributed by atoms with Gasteiger partial charge in [-0.3, -0.25) is 9.59 Å². The van der Waals surface area contributed by atoms with Gasteiger partial charge in [0, 0.05) is 16.8 Å². The van der Waals surface area contributed by atoms with Gasteiger partial charge in [0.1, 0.15) is 0 Å². The number of pyridine rings is 1. The Labute approximate surface area is 121 Å². The van der Waals surface area contributed by atoms with Gasteiger partial charge in [0.25, 0.3) is 5.56 Å². The van der Waals surface area contributed by atoms with E-state index in [0.717, 1.165) is 5.56 Å². The number of benzene rings is 1. The van der Waals surface area contributed by atoms with Gasteiger partial charge >= 0.3 is 5.97 Å². The van der Waals surface area contributed by atoms with Crippen LogP contribution in [0.2, 0.25) is 0 Å². The van der Waals surface area contributed by atoms with Crippen LogP contribution in [0, 0.1) is 0 Å². The zero-order valence-electron chi connectivity index (χ0n) is 11.7. The van der Waals surface area contributed by atoms with Gasteiger partial charge < -0.3 is 19.6 Å². The summed E-state index contributed by atoms with van der Waals surface area (Å²) >= 11 is 0. The number of carbonyl (C=O) groups is 1. The largest absolute Gasteiger partial charge is 0.493 e. The third-order valence-corrected chi connectivity index (χ3v) is 3.03. The van der Waals surface area contributed by atoms with Crippen LogP contribution in [0.4, 0.5) is 0 Å². The molecule has 0 bridgehead atoms. The Bertz CT molecular complexity index is 720. The van der Waals surface area contributed by atoms with Crippen molar-refractivity contribution in [2.24, 2.45) is 0 Å². The molecule has 0 aliphatic rings. The molecular weight excluding hydrogens is 274 g/mol. The lowest BCUT2D eigenvalue weighted by Crippen LogP contribution is -2.16. The highest BCUT2D eigenvalue weighted by molar-refractivity contribution is 5.70. The second kappa shape index (κ2) is 6.13. The lowest BCUT2D eigenvalue weighted by Gasteiger charge is -2.09. The molecular formula is C15H15NO5. The monoisotopic (exact) mass is 289 g/mol. The number of methoxy groups -OCH3 is 2. The minimum absolute atomic E-state index is 0.215. The van der Waals surface area contributed by atoms with Gasteiger partial charge in [0.05, 0.1) is 20.6 Å². The predicted molar refractivity (Wildman–Crippen MR) is 76.9 cm³/mol. The number of aromatic nitrogens is 1. The molecule has 0 aliphatic heterocycles. The van der Waals surface area contributed by atoms with Crippen LogP contribution in [-0.4, -0.2) is 30.3 Å². The zero-order chi connectivity index (χ0) is 15.4. The first kappa shape index (κ1) is 14.6. The minimum Gasteiger partial charge on any atom is -0.493 e. The molecule has 2 rings (SSSR count). The van der Waals surface area contributed by atoms with Crippen molar-refractivity contribution in [3.05, 3.63) is 46.2 Å². The molecule has 0 saturated carbocycles. The maximum Gasteiger partial charge on any atom is 0.308 e. The molecule has 0 fully saturated rings. The fourth-order valence-corrected chi connectivity index (χ4v) is 1.98. The number of hydrogen-bond acceptors (Lipinski definition) is 4. The number of nitrogens with one attached hydrogen (secondary N) is 1. The van der Waals surface area contributed by atoms with Crippen LogP contribution < -0.4 is 15.0 Å². The first-order chi connectivity index (χ1) is 10.0. The Morgan fingerprint density at radius 2 is 1.86 bits per heavy atom. The molecule has 1 heterocycles. The number of aromatic amines is 1. The highest BCUT2D eigenvalue weighted by Crippen LogP contribution is 2.31. The lowest BCUT2D eigenvalue weighted by molar-refractivity contribution is -0.136. The number of rotatable bonds is 5. The molecule has 21 heavy (non-hydrogen) atoms. The standard InChI is InChI=1S/C15H15NO5/c1-20-12-6-4-9(7-13(12)21-2)11-5-3-10(8-14(17)18)15(19)16-11/h3-7H,8H2,1-2H3,(H,16,19)(H,17,18). The molecule has 6 nitrogen and oxygen atoms in total. The summed E-state index contributed by atoms with van der Waals surface area (Å²) in [5, 5.41) is 8.72. The van der Waals surface area contributed by atoms with Crippen LogP contribution in [0.1, 0.15) is 5.56 Å². The van der Waals surface area contributed by atoms with E-state index in [2.05, 4.69) is 4.98 Å². The van der Waals surface area contributed by atoms with Crippen LogP contribution in [0.3, 0.4) is 0 Å². The van der Waals surface area contributed by atoms with Crippen molar-refractivity contribution in [1.82, 2.24) is 4.98 Å². The summed E-state index contributed by atoms with van der Waals surface area (Å²) in [6, 6.07) is 8.43. The highest BCUT2D eigenvalue weighted by Gasteiger charge is 2.09. The van der Waals surface area contributed by atoms with E-state index in [-0.39, 0.29) is 12.0 Å². The molecule has 0 radical (unpaired) electrons. The Balaban J connectivity index is 2.41. The number of carboxylic acid groups (broad SMARTS) is 1. The number of carboxylic acids is 1. The molecule has 2 N–H and O–H groups in total. The fraction of sp³-hybridized carbons (Fsp3) is 0.200. The Kier molecular flexibility index (Phi) is 4.27. The van der Waals surface area contributed by atoms with Crippen molar-refractivity contribution in [2.45, 2.75) is 6.42 Å². The van der Waals surface area contributed by atoms with Gasteiger partial charge in [-0.1, -0.05) is 6.07 Å². The van der Waals surface area contributed by atoms with E-state index in [9.17, 15) is 9.59 Å². The second-order valence-electron chi connectivity index (χ2n) is 4.37. The van der Waals surface area contributed by atoms with Crippen LogP contribution >= 0.6 is 0 Å². The molecule has 0 unspecified atom stereocenters. The van der Waals surface area contributed by atoms with E-state index < -0.39 is 11.5 Å². The molecule has 6 heteroatoms. The zero-order valence-corrected chi connectivity index (χ0v) is 11.7. The van der Waals surface area contributed by atoms with Crippen molar-refractivity contribution >= 4 is 5.97 Å². The maximum atomic E-state index is 11.9. The fourth-order valence-electron chi connectivity index (χ4n) is 1.98. The molecule has 0 atom stereocenters. The van der Waals surface area contributed by atoms with Crippen LogP contribution in [0.25, 0.3) is 11.3 Å². The van der Waals surface area contributed by atoms with E-state index in [4.69, 9.17) is 14.6 Å². The third kappa shape index (κ3) is 3.22. The van der Waals surface area contributed by atoms with Crippen molar-refractivity contribution in [3.63, 3.8) is 0 Å². The second-order valence-corrected chi connectivity index (χ2v) is 4.37. The summed E-state index contributed by atoms with van der Waals surface area (Å²) in [7, 11) is 3.07. The molecule has 2 aromatic rings. The topological polar surface area (TPSA) is 88.6 Å². The van der Waals surface area contributed by atoms with Gasteiger partial charge in [-0.05, 0) is 24.3 Å². The molecule has 0 saturated heterocycles. The highest BCUT2D eigenvalue weighted by atomic mass is 16.5. The molecule has 0 spiro atoms. The first-order valence-electron chi connectivity index (χ1n) is 6.21. The van der Waals surface area contributed by atoms with Gasteiger partial charge in [-0.2, -0.15) is 0 Å². The Morgan fingerprint density at radius 3 is 2.43 bits per heavy atom. The number of H-pyrrole nitrogens is 1. The van der Waals surface area contributed by atoms with E-state index in [1.165, 1.54) is 13.2 Å². The third-order valence-electron chi connectivity index (χ3n) is 3.03. The normalized spacial score (nSPS) is 10.2. The average molecular weight is 289 g/mol. The summed E-state index contributed by atoms with van der Waals surface area (Å²) in [6.45, 7) is 0. The maximum absolute atomic E-state index is 11.9. The molecule has 1 aromatic carbocycles. The van der Waals surface area contributed by atoms with E-state index in [1.807, 2.05) is 0 Å². The van der Waals surface area contributed by atoms with Crippen LogP contribution in [0.15, 0.2) is 35.1 Å². The molecule has 0 amide bonds. The molecule has 110 valence electrons. The van der Waals surface area contributed by atoms with E-state index in [0.29, 0.717) is 17.2 Å². The van der Waals surface area contributed by atoms with Crippen molar-refractivity contribution in [3.8, 4) is 22.8 Å². The quantitative estimate of drug-likeness (QED) is 0.874. The van der Waals surface area contributed by atoms with Gasteiger partial charge in [-0.15, -0.1) is 0 Å². The molecule has 1 aromatic heterocycles. The SMILES string of the molecule is COc1ccc(-c2ccc(CC(=O)O)c(=O)[nH]2)cc1OC. The van der Waals surface area contributed by atoms with Gasteiger partial charge in [-0.25, -0.2) is 0 Å². The van der Waals surface area contributed by atoms with E-state index >= 15 is 0 Å². The van der Waals surface area contributed by atoms with Crippen LogP contribution in [-0.2, 0) is 11.2 Å². The van der Waals surface area contributed by atoms with E-state index in [1.54, 1.807) is 31.4 Å². The summed E-state index contributed by atoms with van der Waals surface area (Å²) < 4.78 is 10.4. The number of ether oxygens (including phenoxy) is 2. The molecule has 0 aliphatic carbocycles. The summed E-state index contributed by atoms with van der Waals surface area (Å²) in [5.41, 5.74) is 1.12. The van der Waals surface area contributed by atoms with Crippen LogP contribution in [0.5, 0.6) is 11.5 Å². The van der Waals surface area contributed by atoms with Gasteiger partial charge in [0.2, 0.25) is 0 Å². The van der Waals surface area contributed by atoms with Crippen molar-refractivity contribution in [2.75, 3.05) is 14.2 Å². The lowest BCUT2D eigenvalue weighted by atomic mass is 10.1. The summed E-state index contributed by atoms with van der Waals surface area (Å²) in [5.74, 6) is 0.0934. The Morgan fingerprint density at radius 1 is 1.14 bits per heavy atom. The van der Waals surface area contributed by atoms with Crippen molar-refractivity contribution in [1.29, 1.82) is 0 Å². The first-order valence-corrected chi connectivity index (χ1v) is 6.21. The summed E-state index contributed by atoms with van der Waals surface area (Å²) in [6.07, 6.45) is -0.304. The number of hydrogen-bond donors (Lipinski definition) is 2. The average Bonchev–Trinajstić information content (AvgIpc) is 2.48. The Hall–Kier alpha value is -2.76. The summed E-state index contributed by atoms with van der Waals surface area (Å²) in [4.78, 5) is 25.2. The minimum atomic E-state index is -1.04. The smallest absolute Gasteiger partial charge is 0.308 e.